The normalized spacial score (nSPS) is 19.2. The Labute approximate surface area is 110 Å². The van der Waals surface area contributed by atoms with Gasteiger partial charge in [-0.1, -0.05) is 44.9 Å². The Morgan fingerprint density at radius 1 is 1.32 bits per heavy atom. The predicted octanol–water partition coefficient (Wildman–Crippen LogP) is 3.52. The fraction of sp³-hybridized carbons (Fsp3) is 0.917. The summed E-state index contributed by atoms with van der Waals surface area (Å²) in [5, 5.41) is 8.44. The summed E-state index contributed by atoms with van der Waals surface area (Å²) < 4.78 is 38.1. The monoisotopic (exact) mass is 282 g/mol. The van der Waals surface area contributed by atoms with Crippen molar-refractivity contribution >= 4 is 6.09 Å². The largest absolute Gasteiger partial charge is 0.464 e. The lowest BCUT2D eigenvalue weighted by molar-refractivity contribution is -0.181. The molecule has 0 bridgehead atoms. The van der Waals surface area contributed by atoms with Crippen LogP contribution in [0.3, 0.4) is 0 Å². The lowest BCUT2D eigenvalue weighted by Gasteiger charge is -2.28. The molecule has 1 aliphatic carbocycles. The molecule has 3 N–H and O–H groups in total. The number of alkyl halides is 3. The van der Waals surface area contributed by atoms with Gasteiger partial charge in [-0.3, -0.25) is 0 Å². The van der Waals surface area contributed by atoms with Gasteiger partial charge in [0.25, 0.3) is 0 Å². The summed E-state index contributed by atoms with van der Waals surface area (Å²) in [7, 11) is 0. The van der Waals surface area contributed by atoms with Crippen LogP contribution in [-0.2, 0) is 0 Å². The molecule has 1 rings (SSSR count). The van der Waals surface area contributed by atoms with Crippen molar-refractivity contribution in [1.82, 2.24) is 5.01 Å². The van der Waals surface area contributed by atoms with E-state index in [1.165, 1.54) is 6.42 Å². The van der Waals surface area contributed by atoms with E-state index in [0.717, 1.165) is 32.1 Å². The van der Waals surface area contributed by atoms with E-state index in [4.69, 9.17) is 10.9 Å². The molecule has 1 amide bonds. The highest BCUT2D eigenvalue weighted by Crippen LogP contribution is 2.31. The Hall–Kier alpha value is -0.980. The maximum Gasteiger partial charge on any atom is 0.422 e. The summed E-state index contributed by atoms with van der Waals surface area (Å²) in [5.74, 6) is 5.46. The van der Waals surface area contributed by atoms with Gasteiger partial charge in [-0.25, -0.2) is 15.6 Å². The van der Waals surface area contributed by atoms with Crippen LogP contribution >= 0.6 is 0 Å². The van der Waals surface area contributed by atoms with E-state index >= 15 is 0 Å². The van der Waals surface area contributed by atoms with E-state index in [2.05, 4.69) is 0 Å². The standard InChI is InChI=1S/C12H21F3N2O2/c13-12(14,15)10(17(16)11(18)19)8-4-7-9-5-2-1-3-6-9/h9-10H,1-8,16H2,(H,18,19). The SMILES string of the molecule is NN(C(=O)O)C(CCCC1CCCCC1)C(F)(F)F. The van der Waals surface area contributed by atoms with E-state index in [-0.39, 0.29) is 11.4 Å². The minimum atomic E-state index is -4.61. The van der Waals surface area contributed by atoms with Gasteiger partial charge in [0.15, 0.2) is 0 Å². The van der Waals surface area contributed by atoms with Crippen LogP contribution in [0.15, 0.2) is 0 Å². The minimum Gasteiger partial charge on any atom is -0.464 e. The molecule has 0 aromatic carbocycles. The van der Waals surface area contributed by atoms with Crippen molar-refractivity contribution in [1.29, 1.82) is 0 Å². The van der Waals surface area contributed by atoms with E-state index < -0.39 is 18.3 Å². The van der Waals surface area contributed by atoms with Gasteiger partial charge in [-0.05, 0) is 12.3 Å². The fourth-order valence-corrected chi connectivity index (χ4v) is 2.67. The van der Waals surface area contributed by atoms with Crippen LogP contribution in [-0.4, -0.2) is 28.4 Å². The first kappa shape index (κ1) is 16.1. The van der Waals surface area contributed by atoms with Gasteiger partial charge in [0.05, 0.1) is 0 Å². The molecule has 1 atom stereocenters. The molecule has 0 aromatic heterocycles. The Bertz CT molecular complexity index is 291. The molecule has 19 heavy (non-hydrogen) atoms. The number of amides is 1. The van der Waals surface area contributed by atoms with E-state index in [0.29, 0.717) is 12.3 Å². The summed E-state index contributed by atoms with van der Waals surface area (Å²) in [5.41, 5.74) is 0. The third-order valence-corrected chi connectivity index (χ3v) is 3.75. The van der Waals surface area contributed by atoms with Crippen molar-refractivity contribution in [2.24, 2.45) is 11.8 Å². The molecule has 1 fully saturated rings. The number of hydrogen-bond acceptors (Lipinski definition) is 2. The second-order valence-corrected chi connectivity index (χ2v) is 5.18. The predicted molar refractivity (Wildman–Crippen MR) is 64.3 cm³/mol. The van der Waals surface area contributed by atoms with E-state index in [1.807, 2.05) is 0 Å². The average Bonchev–Trinajstić information content (AvgIpc) is 2.33. The van der Waals surface area contributed by atoms with Crippen molar-refractivity contribution in [3.63, 3.8) is 0 Å². The summed E-state index contributed by atoms with van der Waals surface area (Å²) in [6, 6.07) is -2.10. The van der Waals surface area contributed by atoms with Gasteiger partial charge >= 0.3 is 12.3 Å². The number of halogens is 3. The zero-order valence-corrected chi connectivity index (χ0v) is 10.8. The highest BCUT2D eigenvalue weighted by atomic mass is 19.4. The number of rotatable bonds is 5. The van der Waals surface area contributed by atoms with Crippen molar-refractivity contribution < 1.29 is 23.1 Å². The molecule has 0 aromatic rings. The lowest BCUT2D eigenvalue weighted by atomic mass is 9.85. The highest BCUT2D eigenvalue weighted by Gasteiger charge is 2.44. The molecule has 112 valence electrons. The molecular formula is C12H21F3N2O2. The number of carboxylic acid groups (broad SMARTS) is 1. The number of nitrogens with two attached hydrogens (primary N) is 1. The van der Waals surface area contributed by atoms with Crippen LogP contribution in [0.5, 0.6) is 0 Å². The molecule has 1 aliphatic rings. The van der Waals surface area contributed by atoms with Crippen LogP contribution < -0.4 is 5.84 Å². The fourth-order valence-electron chi connectivity index (χ4n) is 2.67. The molecule has 1 saturated carbocycles. The topological polar surface area (TPSA) is 66.6 Å². The molecule has 0 saturated heterocycles. The zero-order chi connectivity index (χ0) is 14.5. The summed E-state index contributed by atoms with van der Waals surface area (Å²) in [6.07, 6.45) is 0.0938. The van der Waals surface area contributed by atoms with Crippen LogP contribution in [0.2, 0.25) is 0 Å². The quantitative estimate of drug-likeness (QED) is 0.460. The molecule has 7 heteroatoms. The van der Waals surface area contributed by atoms with Crippen molar-refractivity contribution in [3.8, 4) is 0 Å². The molecule has 0 heterocycles. The summed E-state index contributed by atoms with van der Waals surface area (Å²) >= 11 is 0. The number of nitrogens with zero attached hydrogens (tertiary/aromatic N) is 1. The first-order valence-electron chi connectivity index (χ1n) is 6.66. The van der Waals surface area contributed by atoms with Gasteiger partial charge in [-0.15, -0.1) is 0 Å². The first-order valence-corrected chi connectivity index (χ1v) is 6.66. The van der Waals surface area contributed by atoms with Crippen LogP contribution in [0, 0.1) is 5.92 Å². The molecule has 1 unspecified atom stereocenters. The van der Waals surface area contributed by atoms with Crippen molar-refractivity contribution in [3.05, 3.63) is 0 Å². The zero-order valence-electron chi connectivity index (χ0n) is 10.8. The Balaban J connectivity index is 2.42. The van der Waals surface area contributed by atoms with Crippen molar-refractivity contribution in [2.45, 2.75) is 63.6 Å². The van der Waals surface area contributed by atoms with Gasteiger partial charge in [-0.2, -0.15) is 13.2 Å². The summed E-state index contributed by atoms with van der Waals surface area (Å²) in [4.78, 5) is 10.6. The smallest absolute Gasteiger partial charge is 0.422 e. The molecule has 4 nitrogen and oxygen atoms in total. The Kier molecular flexibility index (Phi) is 5.90. The maximum atomic E-state index is 12.7. The third-order valence-electron chi connectivity index (χ3n) is 3.75. The van der Waals surface area contributed by atoms with Gasteiger partial charge in [0.2, 0.25) is 0 Å². The summed E-state index contributed by atoms with van der Waals surface area (Å²) in [6.45, 7) is 0. The maximum absolute atomic E-state index is 12.7. The third kappa shape index (κ3) is 5.26. The van der Waals surface area contributed by atoms with Crippen LogP contribution in [0.25, 0.3) is 0 Å². The Morgan fingerprint density at radius 2 is 1.89 bits per heavy atom. The first-order chi connectivity index (χ1) is 8.82. The van der Waals surface area contributed by atoms with Crippen molar-refractivity contribution in [2.75, 3.05) is 0 Å². The number of carbonyl (C=O) groups is 1. The second kappa shape index (κ2) is 6.98. The number of hydrazine groups is 1. The lowest BCUT2D eigenvalue weighted by Crippen LogP contribution is -2.52. The van der Waals surface area contributed by atoms with E-state index in [9.17, 15) is 18.0 Å². The van der Waals surface area contributed by atoms with Crippen LogP contribution in [0.4, 0.5) is 18.0 Å². The molecule has 0 spiro atoms. The molecule has 0 radical (unpaired) electrons. The minimum absolute atomic E-state index is 0.124. The number of hydrogen-bond donors (Lipinski definition) is 2. The second-order valence-electron chi connectivity index (χ2n) is 5.18. The van der Waals surface area contributed by atoms with Gasteiger partial charge in [0.1, 0.15) is 6.04 Å². The molecule has 0 aliphatic heterocycles. The molecular weight excluding hydrogens is 261 g/mol. The average molecular weight is 282 g/mol. The van der Waals surface area contributed by atoms with Crippen LogP contribution in [0.1, 0.15) is 51.4 Å². The van der Waals surface area contributed by atoms with Gasteiger partial charge in [0, 0.05) is 0 Å². The van der Waals surface area contributed by atoms with Gasteiger partial charge < -0.3 is 5.11 Å². The van der Waals surface area contributed by atoms with E-state index in [1.54, 1.807) is 0 Å². The highest BCUT2D eigenvalue weighted by molar-refractivity contribution is 5.64. The Morgan fingerprint density at radius 3 is 2.37 bits per heavy atom.